The fraction of sp³-hybridized carbons (Fsp3) is 0.250. The number of benzene rings is 1. The molecule has 2 aromatic heterocycles. The number of primary amides is 1. The van der Waals surface area contributed by atoms with Crippen LogP contribution in [0.2, 0.25) is 0 Å². The predicted octanol–water partition coefficient (Wildman–Crippen LogP) is 1.69. The van der Waals surface area contributed by atoms with Crippen LogP contribution in [0.4, 0.5) is 21.6 Å². The molecule has 0 aliphatic carbocycles. The Morgan fingerprint density at radius 3 is 2.83 bits per heavy atom. The monoisotopic (exact) mass is 412 g/mol. The zero-order valence-electron chi connectivity index (χ0n) is 16.2. The maximum atomic E-state index is 15.1. The Kier molecular flexibility index (Phi) is 4.90. The summed E-state index contributed by atoms with van der Waals surface area (Å²) in [6.07, 6.45) is 3.05. The molecular formula is C20H21FN6O3. The molecule has 0 saturated carbocycles. The van der Waals surface area contributed by atoms with Crippen molar-refractivity contribution >= 4 is 34.0 Å². The molecule has 0 radical (unpaired) electrons. The van der Waals surface area contributed by atoms with Crippen molar-refractivity contribution < 1.29 is 13.9 Å². The maximum absolute atomic E-state index is 15.1. The summed E-state index contributed by atoms with van der Waals surface area (Å²) in [5.41, 5.74) is 10.4. The van der Waals surface area contributed by atoms with Crippen LogP contribution in [0.3, 0.4) is 0 Å². The highest BCUT2D eigenvalue weighted by Gasteiger charge is 2.30. The summed E-state index contributed by atoms with van der Waals surface area (Å²) in [6, 6.07) is 5.27. The van der Waals surface area contributed by atoms with Gasteiger partial charge in [-0.15, -0.1) is 0 Å². The number of nitrogens with one attached hydrogen (secondary N) is 2. The minimum Gasteiger partial charge on any atom is -0.487 e. The molecule has 1 atom stereocenters. The van der Waals surface area contributed by atoms with Gasteiger partial charge in [0, 0.05) is 25.5 Å². The van der Waals surface area contributed by atoms with E-state index in [1.54, 1.807) is 10.8 Å². The summed E-state index contributed by atoms with van der Waals surface area (Å²) in [4.78, 5) is 28.6. The third-order valence-electron chi connectivity index (χ3n) is 5.01. The molecular weight excluding hydrogens is 391 g/mol. The fourth-order valence-corrected chi connectivity index (χ4v) is 3.53. The number of carbonyl (C=O) groups is 1. The summed E-state index contributed by atoms with van der Waals surface area (Å²) in [7, 11) is 0. The van der Waals surface area contributed by atoms with E-state index in [0.717, 1.165) is 0 Å². The number of amides is 1. The molecule has 0 unspecified atom stereocenters. The third-order valence-corrected chi connectivity index (χ3v) is 5.01. The largest absolute Gasteiger partial charge is 0.487 e. The molecule has 0 bridgehead atoms. The van der Waals surface area contributed by atoms with E-state index in [2.05, 4.69) is 15.6 Å². The number of aromatic nitrogens is 2. The smallest absolute Gasteiger partial charge is 0.254 e. The molecule has 30 heavy (non-hydrogen) atoms. The zero-order chi connectivity index (χ0) is 21.4. The van der Waals surface area contributed by atoms with E-state index in [1.807, 2.05) is 25.1 Å². The second kappa shape index (κ2) is 7.54. The van der Waals surface area contributed by atoms with Gasteiger partial charge in [-0.05, 0) is 19.1 Å². The Balaban J connectivity index is 1.75. The van der Waals surface area contributed by atoms with Crippen LogP contribution in [0.15, 0.2) is 35.4 Å². The summed E-state index contributed by atoms with van der Waals surface area (Å²) < 4.78 is 22.6. The van der Waals surface area contributed by atoms with E-state index < -0.39 is 17.2 Å². The molecule has 156 valence electrons. The van der Waals surface area contributed by atoms with Gasteiger partial charge in [0.25, 0.3) is 5.91 Å². The molecule has 3 aromatic rings. The van der Waals surface area contributed by atoms with Gasteiger partial charge in [0.2, 0.25) is 5.43 Å². The quantitative estimate of drug-likeness (QED) is 0.357. The number of pyridine rings is 2. The lowest BCUT2D eigenvalue weighted by Crippen LogP contribution is -2.30. The minimum absolute atomic E-state index is 0.0645. The first-order valence-corrected chi connectivity index (χ1v) is 9.41. The predicted molar refractivity (Wildman–Crippen MR) is 113 cm³/mol. The average molecular weight is 412 g/mol. The molecule has 1 amide bonds. The summed E-state index contributed by atoms with van der Waals surface area (Å²) in [5, 5.41) is 5.99. The van der Waals surface area contributed by atoms with Gasteiger partial charge < -0.3 is 31.4 Å². The number of nitrogen functional groups attached to an aromatic ring is 1. The Bertz CT molecular complexity index is 1200. The number of nitrogens with zero attached hydrogens (tertiary/aromatic N) is 2. The fourth-order valence-electron chi connectivity index (χ4n) is 3.53. The van der Waals surface area contributed by atoms with Crippen LogP contribution in [-0.2, 0) is 0 Å². The standard InChI is InChI=1S/C20H21FN6O3/c1-10-9-30-19-16(26-7-6-25-12-4-2-3-5-24-12)14(21)15(22)13-17(19)27(10)8-11(18(13)28)20(23)29/h2-5,8,10,26H,6-7,9,22H2,1H3,(H2,23,29)(H,24,25)/t10-/m0/s1. The first-order valence-electron chi connectivity index (χ1n) is 9.41. The molecule has 9 nitrogen and oxygen atoms in total. The molecule has 0 spiro atoms. The highest BCUT2D eigenvalue weighted by molar-refractivity contribution is 6.04. The van der Waals surface area contributed by atoms with Crippen molar-refractivity contribution in [2.24, 2.45) is 5.73 Å². The van der Waals surface area contributed by atoms with Crippen LogP contribution >= 0.6 is 0 Å². The molecule has 1 aliphatic rings. The van der Waals surface area contributed by atoms with Crippen molar-refractivity contribution in [1.82, 2.24) is 9.55 Å². The second-order valence-corrected chi connectivity index (χ2v) is 7.03. The number of ether oxygens (including phenoxy) is 1. The number of hydrogen-bond donors (Lipinski definition) is 4. The first kappa shape index (κ1) is 19.5. The van der Waals surface area contributed by atoms with Gasteiger partial charge in [-0.1, -0.05) is 6.07 Å². The highest BCUT2D eigenvalue weighted by Crippen LogP contribution is 2.42. The third kappa shape index (κ3) is 3.15. The molecule has 0 saturated heterocycles. The van der Waals surface area contributed by atoms with Gasteiger partial charge in [0.05, 0.1) is 22.6 Å². The van der Waals surface area contributed by atoms with Gasteiger partial charge in [-0.2, -0.15) is 0 Å². The molecule has 1 aromatic carbocycles. The van der Waals surface area contributed by atoms with Crippen LogP contribution in [0.1, 0.15) is 23.3 Å². The number of nitrogens with two attached hydrogens (primary N) is 2. The molecule has 1 aliphatic heterocycles. The maximum Gasteiger partial charge on any atom is 0.254 e. The Labute approximate surface area is 170 Å². The Morgan fingerprint density at radius 2 is 2.13 bits per heavy atom. The van der Waals surface area contributed by atoms with Crippen molar-refractivity contribution in [2.45, 2.75) is 13.0 Å². The number of hydrogen-bond acceptors (Lipinski definition) is 7. The summed E-state index contributed by atoms with van der Waals surface area (Å²) >= 11 is 0. The van der Waals surface area contributed by atoms with E-state index in [-0.39, 0.29) is 40.7 Å². The molecule has 4 rings (SSSR count). The number of anilines is 3. The van der Waals surface area contributed by atoms with E-state index in [0.29, 0.717) is 24.4 Å². The van der Waals surface area contributed by atoms with Crippen molar-refractivity contribution in [3.63, 3.8) is 0 Å². The Morgan fingerprint density at radius 1 is 1.37 bits per heavy atom. The number of carbonyl (C=O) groups excluding carboxylic acids is 1. The van der Waals surface area contributed by atoms with Gasteiger partial charge in [-0.25, -0.2) is 9.37 Å². The van der Waals surface area contributed by atoms with Gasteiger partial charge in [0.15, 0.2) is 11.6 Å². The molecule has 0 fully saturated rings. The van der Waals surface area contributed by atoms with Gasteiger partial charge >= 0.3 is 0 Å². The normalized spacial score (nSPS) is 14.9. The van der Waals surface area contributed by atoms with Crippen LogP contribution < -0.4 is 32.3 Å². The van der Waals surface area contributed by atoms with Crippen LogP contribution in [0.25, 0.3) is 10.9 Å². The van der Waals surface area contributed by atoms with Crippen molar-refractivity contribution in [3.8, 4) is 5.75 Å². The zero-order valence-corrected chi connectivity index (χ0v) is 16.2. The number of rotatable bonds is 6. The lowest BCUT2D eigenvalue weighted by Gasteiger charge is -2.29. The van der Waals surface area contributed by atoms with Crippen LogP contribution in [-0.4, -0.2) is 35.2 Å². The first-order chi connectivity index (χ1) is 14.4. The highest BCUT2D eigenvalue weighted by atomic mass is 19.1. The lowest BCUT2D eigenvalue weighted by molar-refractivity contribution is 0.0998. The minimum atomic E-state index is -0.895. The Hall–Kier alpha value is -3.82. The number of halogens is 1. The van der Waals surface area contributed by atoms with Crippen molar-refractivity contribution in [1.29, 1.82) is 0 Å². The van der Waals surface area contributed by atoms with E-state index in [9.17, 15) is 9.59 Å². The molecule has 6 N–H and O–H groups in total. The van der Waals surface area contributed by atoms with Crippen molar-refractivity contribution in [3.05, 3.63) is 52.2 Å². The molecule has 10 heteroatoms. The summed E-state index contributed by atoms with van der Waals surface area (Å²) in [5.74, 6) is -0.832. The van der Waals surface area contributed by atoms with E-state index >= 15 is 4.39 Å². The average Bonchev–Trinajstić information content (AvgIpc) is 2.73. The van der Waals surface area contributed by atoms with E-state index in [1.165, 1.54) is 6.20 Å². The lowest BCUT2D eigenvalue weighted by atomic mass is 10.0. The summed E-state index contributed by atoms with van der Waals surface area (Å²) in [6.45, 7) is 2.88. The van der Waals surface area contributed by atoms with Crippen molar-refractivity contribution in [2.75, 3.05) is 36.1 Å². The van der Waals surface area contributed by atoms with E-state index in [4.69, 9.17) is 16.2 Å². The molecule has 3 heterocycles. The van der Waals surface area contributed by atoms with Gasteiger partial charge in [-0.3, -0.25) is 9.59 Å². The van der Waals surface area contributed by atoms with Crippen LogP contribution in [0, 0.1) is 5.82 Å². The van der Waals surface area contributed by atoms with Gasteiger partial charge in [0.1, 0.15) is 23.7 Å². The second-order valence-electron chi connectivity index (χ2n) is 7.03. The van der Waals surface area contributed by atoms with Crippen LogP contribution in [0.5, 0.6) is 5.75 Å². The SMILES string of the molecule is C[C@H]1COc2c(NCCNc3ccccn3)c(F)c(N)c3c(=O)c(C(N)=O)cn1c23. The topological polar surface area (TPSA) is 137 Å².